The largest absolute Gasteiger partial charge is 0.482 e. The summed E-state index contributed by atoms with van der Waals surface area (Å²) >= 11 is 5.92. The average molecular weight is 333 g/mol. The molecule has 0 saturated heterocycles. The Bertz CT molecular complexity index is 697. The lowest BCUT2D eigenvalue weighted by atomic mass is 10.1. The van der Waals surface area contributed by atoms with E-state index < -0.39 is 12.1 Å². The van der Waals surface area contributed by atoms with Gasteiger partial charge >= 0.3 is 5.97 Å². The summed E-state index contributed by atoms with van der Waals surface area (Å²) in [6.45, 7) is 3.11. The van der Waals surface area contributed by atoms with Gasteiger partial charge in [-0.1, -0.05) is 41.9 Å². The summed E-state index contributed by atoms with van der Waals surface area (Å²) in [5, 5.41) is 0.627. The van der Waals surface area contributed by atoms with E-state index in [2.05, 4.69) is 0 Å². The Morgan fingerprint density at radius 2 is 1.83 bits per heavy atom. The van der Waals surface area contributed by atoms with Gasteiger partial charge in [0.05, 0.1) is 0 Å². The van der Waals surface area contributed by atoms with Crippen molar-refractivity contribution in [1.29, 1.82) is 0 Å². The van der Waals surface area contributed by atoms with Gasteiger partial charge in [0.1, 0.15) is 5.75 Å². The molecular weight excluding hydrogens is 316 g/mol. The van der Waals surface area contributed by atoms with E-state index in [9.17, 15) is 9.59 Å². The number of aryl methyl sites for hydroxylation is 1. The molecule has 0 aliphatic heterocycles. The van der Waals surface area contributed by atoms with Gasteiger partial charge in [-0.05, 0) is 37.6 Å². The summed E-state index contributed by atoms with van der Waals surface area (Å²) in [6, 6.07) is 13.8. The first-order valence-corrected chi connectivity index (χ1v) is 7.53. The highest BCUT2D eigenvalue weighted by Gasteiger charge is 2.19. The van der Waals surface area contributed by atoms with Crippen molar-refractivity contribution in [1.82, 2.24) is 0 Å². The highest BCUT2D eigenvalue weighted by Crippen LogP contribution is 2.21. The first-order chi connectivity index (χ1) is 11.0. The van der Waals surface area contributed by atoms with E-state index in [0.717, 1.165) is 5.56 Å². The number of Topliss-reactive ketones (excluding diaryl/α,β-unsaturated/α-hetero) is 1. The van der Waals surface area contributed by atoms with Crippen LogP contribution >= 0.6 is 11.6 Å². The van der Waals surface area contributed by atoms with Crippen LogP contribution in [0.15, 0.2) is 48.5 Å². The van der Waals surface area contributed by atoms with E-state index in [1.165, 1.54) is 0 Å². The zero-order chi connectivity index (χ0) is 16.8. The van der Waals surface area contributed by atoms with Crippen LogP contribution in [0.1, 0.15) is 22.8 Å². The highest BCUT2D eigenvalue weighted by molar-refractivity contribution is 6.31. The third-order valence-corrected chi connectivity index (χ3v) is 3.65. The van der Waals surface area contributed by atoms with Crippen LogP contribution in [0.5, 0.6) is 5.75 Å². The van der Waals surface area contributed by atoms with Gasteiger partial charge in [0.2, 0.25) is 5.78 Å². The summed E-state index contributed by atoms with van der Waals surface area (Å²) in [6.07, 6.45) is -0.861. The molecule has 4 nitrogen and oxygen atoms in total. The summed E-state index contributed by atoms with van der Waals surface area (Å²) in [5.74, 6) is -0.332. The van der Waals surface area contributed by atoms with Crippen molar-refractivity contribution < 1.29 is 19.1 Å². The standard InChI is InChI=1S/C18H17ClO4/c1-12-10-15(8-9-16(12)19)22-11-17(20)23-13(2)18(21)14-6-4-3-5-7-14/h3-10,13H,11H2,1-2H3. The molecule has 2 aromatic rings. The van der Waals surface area contributed by atoms with E-state index >= 15 is 0 Å². The molecule has 5 heteroatoms. The first kappa shape index (κ1) is 17.0. The number of benzene rings is 2. The van der Waals surface area contributed by atoms with Gasteiger partial charge in [-0.3, -0.25) is 4.79 Å². The predicted octanol–water partition coefficient (Wildman–Crippen LogP) is 3.84. The van der Waals surface area contributed by atoms with E-state index in [1.54, 1.807) is 49.4 Å². The maximum Gasteiger partial charge on any atom is 0.344 e. The molecule has 0 aromatic heterocycles. The Hall–Kier alpha value is -2.33. The second-order valence-electron chi connectivity index (χ2n) is 5.06. The smallest absolute Gasteiger partial charge is 0.344 e. The van der Waals surface area contributed by atoms with E-state index in [1.807, 2.05) is 13.0 Å². The second-order valence-corrected chi connectivity index (χ2v) is 5.47. The summed E-state index contributed by atoms with van der Waals surface area (Å²) in [5.41, 5.74) is 1.35. The summed E-state index contributed by atoms with van der Waals surface area (Å²) < 4.78 is 10.4. The Morgan fingerprint density at radius 1 is 1.13 bits per heavy atom. The molecule has 0 amide bonds. The maximum absolute atomic E-state index is 12.1. The zero-order valence-corrected chi connectivity index (χ0v) is 13.7. The molecule has 120 valence electrons. The molecular formula is C18H17ClO4. The van der Waals surface area contributed by atoms with Crippen molar-refractivity contribution in [2.75, 3.05) is 6.61 Å². The van der Waals surface area contributed by atoms with Gasteiger partial charge in [0, 0.05) is 10.6 Å². The van der Waals surface area contributed by atoms with Crippen molar-refractivity contribution in [3.8, 4) is 5.75 Å². The molecule has 0 saturated carbocycles. The lowest BCUT2D eigenvalue weighted by molar-refractivity contribution is -0.148. The minimum Gasteiger partial charge on any atom is -0.482 e. The Morgan fingerprint density at radius 3 is 2.48 bits per heavy atom. The first-order valence-electron chi connectivity index (χ1n) is 7.15. The van der Waals surface area contributed by atoms with Crippen molar-refractivity contribution in [3.63, 3.8) is 0 Å². The molecule has 0 spiro atoms. The van der Waals surface area contributed by atoms with Gasteiger partial charge in [-0.25, -0.2) is 4.79 Å². The molecule has 2 rings (SSSR count). The lowest BCUT2D eigenvalue weighted by Crippen LogP contribution is -2.27. The van der Waals surface area contributed by atoms with E-state index in [-0.39, 0.29) is 12.4 Å². The third-order valence-electron chi connectivity index (χ3n) is 3.22. The SMILES string of the molecule is Cc1cc(OCC(=O)OC(C)C(=O)c2ccccc2)ccc1Cl. The fourth-order valence-corrected chi connectivity index (χ4v) is 2.09. The van der Waals surface area contributed by atoms with Crippen LogP contribution < -0.4 is 4.74 Å². The molecule has 0 aliphatic rings. The number of esters is 1. The van der Waals surface area contributed by atoms with E-state index in [4.69, 9.17) is 21.1 Å². The quantitative estimate of drug-likeness (QED) is 0.595. The topological polar surface area (TPSA) is 52.6 Å². The van der Waals surface area contributed by atoms with Crippen LogP contribution in [-0.4, -0.2) is 24.5 Å². The molecule has 1 atom stereocenters. The third kappa shape index (κ3) is 4.83. The molecule has 23 heavy (non-hydrogen) atoms. The molecule has 0 heterocycles. The number of carbonyl (C=O) groups excluding carboxylic acids is 2. The molecule has 1 unspecified atom stereocenters. The number of hydrogen-bond donors (Lipinski definition) is 0. The van der Waals surface area contributed by atoms with Crippen LogP contribution in [0.4, 0.5) is 0 Å². The van der Waals surface area contributed by atoms with Crippen LogP contribution in [0.3, 0.4) is 0 Å². The average Bonchev–Trinajstić information content (AvgIpc) is 2.56. The minimum absolute atomic E-state index is 0.249. The molecule has 0 N–H and O–H groups in total. The molecule has 0 bridgehead atoms. The fourth-order valence-electron chi connectivity index (χ4n) is 1.97. The minimum atomic E-state index is -0.861. The normalized spacial score (nSPS) is 11.6. The Kier molecular flexibility index (Phi) is 5.77. The zero-order valence-electron chi connectivity index (χ0n) is 12.9. The number of hydrogen-bond acceptors (Lipinski definition) is 4. The van der Waals surface area contributed by atoms with Crippen molar-refractivity contribution >= 4 is 23.4 Å². The molecule has 0 radical (unpaired) electrons. The number of rotatable bonds is 6. The predicted molar refractivity (Wildman–Crippen MR) is 88.0 cm³/mol. The van der Waals surface area contributed by atoms with Crippen LogP contribution in [-0.2, 0) is 9.53 Å². The van der Waals surface area contributed by atoms with E-state index in [0.29, 0.717) is 16.3 Å². The molecule has 0 fully saturated rings. The second kappa shape index (κ2) is 7.79. The van der Waals surface area contributed by atoms with Gasteiger partial charge in [0.25, 0.3) is 0 Å². The van der Waals surface area contributed by atoms with Gasteiger partial charge in [-0.2, -0.15) is 0 Å². The Labute approximate surface area is 140 Å². The van der Waals surface area contributed by atoms with Crippen molar-refractivity contribution in [2.45, 2.75) is 20.0 Å². The van der Waals surface area contributed by atoms with Crippen LogP contribution in [0.25, 0.3) is 0 Å². The Balaban J connectivity index is 1.86. The summed E-state index contributed by atoms with van der Waals surface area (Å²) in [7, 11) is 0. The van der Waals surface area contributed by atoms with Gasteiger partial charge in [0.15, 0.2) is 12.7 Å². The molecule has 0 aliphatic carbocycles. The summed E-state index contributed by atoms with van der Waals surface area (Å²) in [4.78, 5) is 23.9. The number of ketones is 1. The number of carbonyl (C=O) groups is 2. The number of halogens is 1. The van der Waals surface area contributed by atoms with Crippen molar-refractivity contribution in [2.24, 2.45) is 0 Å². The van der Waals surface area contributed by atoms with Crippen LogP contribution in [0, 0.1) is 6.92 Å². The van der Waals surface area contributed by atoms with Gasteiger partial charge < -0.3 is 9.47 Å². The number of ether oxygens (including phenoxy) is 2. The molecule has 2 aromatic carbocycles. The van der Waals surface area contributed by atoms with Crippen molar-refractivity contribution in [3.05, 3.63) is 64.7 Å². The maximum atomic E-state index is 12.1. The van der Waals surface area contributed by atoms with Crippen LogP contribution in [0.2, 0.25) is 5.02 Å². The monoisotopic (exact) mass is 332 g/mol. The van der Waals surface area contributed by atoms with Gasteiger partial charge in [-0.15, -0.1) is 0 Å². The fraction of sp³-hybridized carbons (Fsp3) is 0.222. The highest BCUT2D eigenvalue weighted by atomic mass is 35.5. The lowest BCUT2D eigenvalue weighted by Gasteiger charge is -2.13.